The van der Waals surface area contributed by atoms with Crippen molar-refractivity contribution < 1.29 is 9.59 Å². The number of Topliss-reactive ketones (excluding diaryl/α,β-unsaturated/α-hetero) is 2. The molecule has 0 unspecified atom stereocenters. The Morgan fingerprint density at radius 1 is 1.20 bits per heavy atom. The van der Waals surface area contributed by atoms with Crippen LogP contribution in [-0.2, 0) is 9.59 Å². The highest BCUT2D eigenvalue weighted by atomic mass is 16.1. The summed E-state index contributed by atoms with van der Waals surface area (Å²) in [6.45, 7) is 5.04. The fourth-order valence-corrected chi connectivity index (χ4v) is 0.638. The van der Waals surface area contributed by atoms with Crippen LogP contribution in [0.4, 0.5) is 0 Å². The van der Waals surface area contributed by atoms with E-state index in [1.54, 1.807) is 0 Å². The highest BCUT2D eigenvalue weighted by Crippen LogP contribution is 1.97. The van der Waals surface area contributed by atoms with Gasteiger partial charge in [-0.1, -0.05) is 6.92 Å². The SMILES string of the molecule is [CH2]CCC(=O)CCC(C)=O. The Labute approximate surface area is 61.6 Å². The molecule has 0 heterocycles. The average molecular weight is 141 g/mol. The molecule has 0 N–H and O–H groups in total. The Morgan fingerprint density at radius 2 is 1.80 bits per heavy atom. The molecule has 0 aromatic carbocycles. The Hall–Kier alpha value is -0.660. The van der Waals surface area contributed by atoms with E-state index in [0.717, 1.165) is 0 Å². The molecule has 2 heteroatoms. The molecule has 0 spiro atoms. The molecule has 57 valence electrons. The molecule has 0 saturated heterocycles. The van der Waals surface area contributed by atoms with Crippen LogP contribution in [0, 0.1) is 6.92 Å². The van der Waals surface area contributed by atoms with Crippen molar-refractivity contribution in [1.29, 1.82) is 0 Å². The predicted octanol–water partition coefficient (Wildman–Crippen LogP) is 1.54. The van der Waals surface area contributed by atoms with Crippen molar-refractivity contribution in [3.8, 4) is 0 Å². The zero-order chi connectivity index (χ0) is 7.98. The Morgan fingerprint density at radius 3 is 2.20 bits per heavy atom. The normalized spacial score (nSPS) is 9.40. The van der Waals surface area contributed by atoms with Gasteiger partial charge in [-0.15, -0.1) is 0 Å². The second-order valence-electron chi connectivity index (χ2n) is 2.34. The van der Waals surface area contributed by atoms with Gasteiger partial charge in [-0.25, -0.2) is 0 Å². The van der Waals surface area contributed by atoms with Crippen molar-refractivity contribution in [2.24, 2.45) is 0 Å². The van der Waals surface area contributed by atoms with Gasteiger partial charge in [0.2, 0.25) is 0 Å². The van der Waals surface area contributed by atoms with E-state index >= 15 is 0 Å². The molecule has 0 rings (SSSR count). The van der Waals surface area contributed by atoms with Gasteiger partial charge in [-0.2, -0.15) is 0 Å². The summed E-state index contributed by atoms with van der Waals surface area (Å²) in [4.78, 5) is 21.1. The first kappa shape index (κ1) is 9.34. The number of ketones is 2. The van der Waals surface area contributed by atoms with Crippen LogP contribution in [0.15, 0.2) is 0 Å². The van der Waals surface area contributed by atoms with E-state index in [2.05, 4.69) is 6.92 Å². The first-order chi connectivity index (χ1) is 4.66. The lowest BCUT2D eigenvalue weighted by Crippen LogP contribution is -2.00. The molecule has 1 radical (unpaired) electrons. The maximum atomic E-state index is 10.8. The van der Waals surface area contributed by atoms with Crippen LogP contribution in [0.2, 0.25) is 0 Å². The predicted molar refractivity (Wildman–Crippen MR) is 39.5 cm³/mol. The minimum atomic E-state index is 0.0809. The summed E-state index contributed by atoms with van der Waals surface area (Å²) in [6.07, 6.45) is 1.92. The van der Waals surface area contributed by atoms with Gasteiger partial charge >= 0.3 is 0 Å². The quantitative estimate of drug-likeness (QED) is 0.582. The van der Waals surface area contributed by atoms with Crippen LogP contribution < -0.4 is 0 Å². The summed E-state index contributed by atoms with van der Waals surface area (Å²) in [7, 11) is 0. The molecular weight excluding hydrogens is 128 g/mol. The van der Waals surface area contributed by atoms with Gasteiger partial charge in [0.1, 0.15) is 11.6 Å². The number of carbonyl (C=O) groups excluding carboxylic acids is 2. The molecule has 10 heavy (non-hydrogen) atoms. The summed E-state index contributed by atoms with van der Waals surface area (Å²) < 4.78 is 0. The maximum absolute atomic E-state index is 10.8. The highest BCUT2D eigenvalue weighted by molar-refractivity contribution is 5.84. The summed E-state index contributed by atoms with van der Waals surface area (Å²) in [5.41, 5.74) is 0. The van der Waals surface area contributed by atoms with E-state index in [9.17, 15) is 9.59 Å². The van der Waals surface area contributed by atoms with Crippen molar-refractivity contribution >= 4 is 11.6 Å². The van der Waals surface area contributed by atoms with Gasteiger partial charge in [0, 0.05) is 19.3 Å². The van der Waals surface area contributed by atoms with Crippen LogP contribution in [0.5, 0.6) is 0 Å². The lowest BCUT2D eigenvalue weighted by atomic mass is 10.1. The Balaban J connectivity index is 3.30. The smallest absolute Gasteiger partial charge is 0.133 e. The third-order valence-electron chi connectivity index (χ3n) is 1.21. The number of hydrogen-bond donors (Lipinski definition) is 0. The first-order valence-corrected chi connectivity index (χ1v) is 3.47. The van der Waals surface area contributed by atoms with E-state index in [1.165, 1.54) is 6.92 Å². The Bertz CT molecular complexity index is 127. The molecule has 0 amide bonds. The third-order valence-corrected chi connectivity index (χ3v) is 1.21. The van der Waals surface area contributed by atoms with Gasteiger partial charge in [-0.05, 0) is 13.3 Å². The largest absolute Gasteiger partial charge is 0.300 e. The van der Waals surface area contributed by atoms with Crippen LogP contribution in [0.1, 0.15) is 32.6 Å². The van der Waals surface area contributed by atoms with Crippen LogP contribution >= 0.6 is 0 Å². The number of rotatable bonds is 5. The summed E-state index contributed by atoms with van der Waals surface area (Å²) in [6, 6.07) is 0. The molecule has 0 bridgehead atoms. The van der Waals surface area contributed by atoms with Crippen molar-refractivity contribution in [2.75, 3.05) is 0 Å². The van der Waals surface area contributed by atoms with Crippen LogP contribution in [0.25, 0.3) is 0 Å². The van der Waals surface area contributed by atoms with Gasteiger partial charge in [0.05, 0.1) is 0 Å². The molecule has 0 atom stereocenters. The van der Waals surface area contributed by atoms with Crippen molar-refractivity contribution in [2.45, 2.75) is 32.6 Å². The van der Waals surface area contributed by atoms with Gasteiger partial charge < -0.3 is 4.79 Å². The second-order valence-corrected chi connectivity index (χ2v) is 2.34. The van der Waals surface area contributed by atoms with E-state index in [0.29, 0.717) is 25.7 Å². The van der Waals surface area contributed by atoms with Crippen molar-refractivity contribution in [3.05, 3.63) is 6.92 Å². The molecule has 0 saturated carbocycles. The molecular formula is C8H13O2. The van der Waals surface area contributed by atoms with Crippen LogP contribution in [0.3, 0.4) is 0 Å². The zero-order valence-electron chi connectivity index (χ0n) is 6.35. The second kappa shape index (κ2) is 5.15. The van der Waals surface area contributed by atoms with Crippen LogP contribution in [-0.4, -0.2) is 11.6 Å². The molecule has 0 aromatic heterocycles. The van der Waals surface area contributed by atoms with Crippen molar-refractivity contribution in [3.63, 3.8) is 0 Å². The van der Waals surface area contributed by atoms with E-state index in [-0.39, 0.29) is 11.6 Å². The van der Waals surface area contributed by atoms with Crippen molar-refractivity contribution in [1.82, 2.24) is 0 Å². The molecule has 0 fully saturated rings. The molecule has 0 aliphatic rings. The van der Waals surface area contributed by atoms with E-state index in [4.69, 9.17) is 0 Å². The molecule has 0 aromatic rings. The standard InChI is InChI=1S/C8H13O2/c1-3-4-8(10)6-5-7(2)9/h1,3-6H2,2H3. The van der Waals surface area contributed by atoms with E-state index in [1.807, 2.05) is 0 Å². The maximum Gasteiger partial charge on any atom is 0.133 e. The highest BCUT2D eigenvalue weighted by Gasteiger charge is 2.01. The Kier molecular flexibility index (Phi) is 4.81. The lowest BCUT2D eigenvalue weighted by Gasteiger charge is -1.93. The fourth-order valence-electron chi connectivity index (χ4n) is 0.638. The zero-order valence-corrected chi connectivity index (χ0v) is 6.35. The fraction of sp³-hybridized carbons (Fsp3) is 0.625. The monoisotopic (exact) mass is 141 g/mol. The lowest BCUT2D eigenvalue weighted by molar-refractivity contribution is -0.123. The number of hydrogen-bond acceptors (Lipinski definition) is 2. The molecule has 2 nitrogen and oxygen atoms in total. The molecule has 0 aliphatic carbocycles. The third kappa shape index (κ3) is 5.48. The summed E-state index contributed by atoms with van der Waals surface area (Å²) in [5.74, 6) is 0.225. The molecule has 0 aliphatic heterocycles. The van der Waals surface area contributed by atoms with Gasteiger partial charge in [0.15, 0.2) is 0 Å². The summed E-state index contributed by atoms with van der Waals surface area (Å²) >= 11 is 0. The van der Waals surface area contributed by atoms with E-state index < -0.39 is 0 Å². The minimum absolute atomic E-state index is 0.0809. The number of carbonyl (C=O) groups is 2. The minimum Gasteiger partial charge on any atom is -0.300 e. The average Bonchev–Trinajstić information content (AvgIpc) is 1.85. The topological polar surface area (TPSA) is 34.1 Å². The van der Waals surface area contributed by atoms with Gasteiger partial charge in [-0.3, -0.25) is 4.79 Å². The van der Waals surface area contributed by atoms with Gasteiger partial charge in [0.25, 0.3) is 0 Å². The first-order valence-electron chi connectivity index (χ1n) is 3.47. The summed E-state index contributed by atoms with van der Waals surface area (Å²) in [5, 5.41) is 0.